The topological polar surface area (TPSA) is 61.9 Å². The third-order valence-corrected chi connectivity index (χ3v) is 7.45. The number of rotatable bonds is 8. The van der Waals surface area contributed by atoms with Gasteiger partial charge >= 0.3 is 6.61 Å². The number of halogens is 2. The molecule has 0 bridgehead atoms. The highest BCUT2D eigenvalue weighted by atomic mass is 32.2. The zero-order valence-electron chi connectivity index (χ0n) is 17.7. The molecule has 32 heavy (non-hydrogen) atoms. The molecule has 172 valence electrons. The van der Waals surface area contributed by atoms with Crippen LogP contribution in [0.2, 0.25) is 0 Å². The standard InChI is InChI=1S/C23H27F2N3O3S/c24-23(25)31-21-8-6-19-17-22(9-7-18(19)16-21)32(29,30)26-10-11-27-12-14-28(15-13-27)20-4-2-1-3-5-20/h1-6,8,16-17,23,26H,7,9-15H2. The Labute approximate surface area is 187 Å². The number of piperazine rings is 1. The Morgan fingerprint density at radius 1 is 1.00 bits per heavy atom. The smallest absolute Gasteiger partial charge is 0.387 e. The van der Waals surface area contributed by atoms with E-state index in [0.717, 1.165) is 37.3 Å². The molecule has 0 amide bonds. The number of para-hydroxylation sites is 1. The van der Waals surface area contributed by atoms with Crippen LogP contribution in [0.1, 0.15) is 17.5 Å². The van der Waals surface area contributed by atoms with E-state index >= 15 is 0 Å². The van der Waals surface area contributed by atoms with Gasteiger partial charge in [0.15, 0.2) is 0 Å². The Kier molecular flexibility index (Phi) is 7.07. The zero-order valence-corrected chi connectivity index (χ0v) is 18.5. The summed E-state index contributed by atoms with van der Waals surface area (Å²) in [6.45, 7) is 1.71. The number of fused-ring (bicyclic) bond motifs is 1. The van der Waals surface area contributed by atoms with Crippen molar-refractivity contribution in [3.63, 3.8) is 0 Å². The molecule has 0 saturated carbocycles. The summed E-state index contributed by atoms with van der Waals surface area (Å²) >= 11 is 0. The fraction of sp³-hybridized carbons (Fsp3) is 0.391. The molecule has 2 aromatic carbocycles. The molecule has 1 N–H and O–H groups in total. The van der Waals surface area contributed by atoms with Crippen LogP contribution in [0.3, 0.4) is 0 Å². The maximum absolute atomic E-state index is 12.8. The number of sulfonamides is 1. The van der Waals surface area contributed by atoms with Crippen molar-refractivity contribution in [3.05, 3.63) is 64.6 Å². The predicted octanol–water partition coefficient (Wildman–Crippen LogP) is 3.32. The number of benzene rings is 2. The first kappa shape index (κ1) is 22.7. The van der Waals surface area contributed by atoms with Crippen molar-refractivity contribution in [1.82, 2.24) is 9.62 Å². The molecule has 1 aliphatic carbocycles. The van der Waals surface area contributed by atoms with E-state index in [-0.39, 0.29) is 5.75 Å². The maximum Gasteiger partial charge on any atom is 0.387 e. The molecule has 4 rings (SSSR count). The summed E-state index contributed by atoms with van der Waals surface area (Å²) in [5.74, 6) is 0.0870. The number of alkyl halides is 2. The third kappa shape index (κ3) is 5.65. The van der Waals surface area contributed by atoms with E-state index in [9.17, 15) is 17.2 Å². The second-order valence-corrected chi connectivity index (χ2v) is 9.73. The molecule has 1 aliphatic heterocycles. The van der Waals surface area contributed by atoms with E-state index in [1.807, 2.05) is 18.2 Å². The van der Waals surface area contributed by atoms with Crippen molar-refractivity contribution in [2.45, 2.75) is 19.5 Å². The zero-order chi connectivity index (χ0) is 22.6. The van der Waals surface area contributed by atoms with Crippen molar-refractivity contribution in [2.24, 2.45) is 0 Å². The van der Waals surface area contributed by atoms with Gasteiger partial charge in [0.2, 0.25) is 10.0 Å². The first-order valence-corrected chi connectivity index (χ1v) is 12.2. The number of nitrogens with one attached hydrogen (secondary N) is 1. The fourth-order valence-corrected chi connectivity index (χ4v) is 5.33. The fourth-order valence-electron chi connectivity index (χ4n) is 4.13. The summed E-state index contributed by atoms with van der Waals surface area (Å²) < 4.78 is 57.4. The Morgan fingerprint density at radius 3 is 2.47 bits per heavy atom. The molecule has 0 unspecified atom stereocenters. The summed E-state index contributed by atoms with van der Waals surface area (Å²) in [7, 11) is -3.59. The van der Waals surface area contributed by atoms with Gasteiger partial charge in [-0.2, -0.15) is 8.78 Å². The van der Waals surface area contributed by atoms with Crippen LogP contribution in [0, 0.1) is 0 Å². The number of anilines is 1. The van der Waals surface area contributed by atoms with Gasteiger partial charge in [0.25, 0.3) is 0 Å². The van der Waals surface area contributed by atoms with E-state index in [1.165, 1.54) is 11.8 Å². The Morgan fingerprint density at radius 2 is 1.75 bits per heavy atom. The van der Waals surface area contributed by atoms with Crippen LogP contribution in [0.25, 0.3) is 6.08 Å². The van der Waals surface area contributed by atoms with Crippen molar-refractivity contribution in [3.8, 4) is 5.75 Å². The minimum Gasteiger partial charge on any atom is -0.435 e. The number of ether oxygens (including phenoxy) is 1. The molecular formula is C23H27F2N3O3S. The van der Waals surface area contributed by atoms with Crippen LogP contribution >= 0.6 is 0 Å². The van der Waals surface area contributed by atoms with Crippen molar-refractivity contribution < 1.29 is 21.9 Å². The highest BCUT2D eigenvalue weighted by molar-refractivity contribution is 7.93. The molecule has 0 radical (unpaired) electrons. The van der Waals surface area contributed by atoms with Crippen LogP contribution in [-0.4, -0.2) is 59.2 Å². The van der Waals surface area contributed by atoms with Gasteiger partial charge in [0, 0.05) is 45.0 Å². The number of hydrogen-bond acceptors (Lipinski definition) is 5. The maximum atomic E-state index is 12.8. The van der Waals surface area contributed by atoms with E-state index < -0.39 is 16.6 Å². The molecule has 0 spiro atoms. The molecule has 2 aromatic rings. The van der Waals surface area contributed by atoms with Crippen LogP contribution in [0.5, 0.6) is 5.75 Å². The molecule has 0 atom stereocenters. The molecule has 1 saturated heterocycles. The first-order chi connectivity index (χ1) is 15.4. The van der Waals surface area contributed by atoms with Gasteiger partial charge in [0.05, 0.1) is 4.91 Å². The van der Waals surface area contributed by atoms with Gasteiger partial charge in [-0.15, -0.1) is 0 Å². The van der Waals surface area contributed by atoms with Crippen molar-refractivity contribution >= 4 is 21.8 Å². The van der Waals surface area contributed by atoms with Gasteiger partial charge in [-0.3, -0.25) is 4.90 Å². The lowest BCUT2D eigenvalue weighted by molar-refractivity contribution is -0.0498. The molecule has 1 fully saturated rings. The third-order valence-electron chi connectivity index (χ3n) is 5.86. The number of nitrogens with zero attached hydrogens (tertiary/aromatic N) is 2. The minimum absolute atomic E-state index is 0.0870. The number of hydrogen-bond donors (Lipinski definition) is 1. The van der Waals surface area contributed by atoms with Crippen molar-refractivity contribution in [2.75, 3.05) is 44.2 Å². The summed E-state index contributed by atoms with van der Waals surface area (Å²) in [6.07, 6.45) is 2.41. The van der Waals surface area contributed by atoms with Gasteiger partial charge in [-0.25, -0.2) is 13.1 Å². The second kappa shape index (κ2) is 9.97. The lowest BCUT2D eigenvalue weighted by atomic mass is 9.97. The molecule has 0 aromatic heterocycles. The highest BCUT2D eigenvalue weighted by Crippen LogP contribution is 2.30. The monoisotopic (exact) mass is 463 g/mol. The van der Waals surface area contributed by atoms with Crippen LogP contribution in [0.4, 0.5) is 14.5 Å². The Hall–Kier alpha value is -2.49. The van der Waals surface area contributed by atoms with Gasteiger partial charge in [0.1, 0.15) is 5.75 Å². The van der Waals surface area contributed by atoms with E-state index in [2.05, 4.69) is 31.4 Å². The lowest BCUT2D eigenvalue weighted by Gasteiger charge is -2.36. The Bertz CT molecular complexity index is 1050. The second-order valence-electron chi connectivity index (χ2n) is 7.91. The Balaban J connectivity index is 1.28. The largest absolute Gasteiger partial charge is 0.435 e. The van der Waals surface area contributed by atoms with Gasteiger partial charge < -0.3 is 9.64 Å². The molecule has 6 nitrogen and oxygen atoms in total. The van der Waals surface area contributed by atoms with Crippen LogP contribution < -0.4 is 14.4 Å². The van der Waals surface area contributed by atoms with Gasteiger partial charge in [-0.1, -0.05) is 24.3 Å². The normalized spacial score (nSPS) is 17.2. The number of aryl methyl sites for hydroxylation is 1. The average molecular weight is 464 g/mol. The predicted molar refractivity (Wildman–Crippen MR) is 121 cm³/mol. The average Bonchev–Trinajstić information content (AvgIpc) is 2.79. The molecular weight excluding hydrogens is 436 g/mol. The molecule has 9 heteroatoms. The molecule has 1 heterocycles. The van der Waals surface area contributed by atoms with E-state index in [0.29, 0.717) is 30.8 Å². The summed E-state index contributed by atoms with van der Waals surface area (Å²) in [5, 5.41) is 0. The van der Waals surface area contributed by atoms with Crippen LogP contribution in [0.15, 0.2) is 53.4 Å². The van der Waals surface area contributed by atoms with E-state index in [1.54, 1.807) is 18.2 Å². The summed E-state index contributed by atoms with van der Waals surface area (Å²) in [5.41, 5.74) is 2.74. The van der Waals surface area contributed by atoms with Crippen molar-refractivity contribution in [1.29, 1.82) is 0 Å². The molecule has 2 aliphatic rings. The quantitative estimate of drug-likeness (QED) is 0.651. The van der Waals surface area contributed by atoms with Crippen LogP contribution in [-0.2, 0) is 16.4 Å². The highest BCUT2D eigenvalue weighted by Gasteiger charge is 2.23. The first-order valence-electron chi connectivity index (χ1n) is 10.7. The number of allylic oxidation sites excluding steroid dienone is 1. The summed E-state index contributed by atoms with van der Waals surface area (Å²) in [6, 6.07) is 14.9. The minimum atomic E-state index is -3.59. The SMILES string of the molecule is O=S(=O)(NCCN1CCN(c2ccccc2)CC1)C1=Cc2ccc(OC(F)F)cc2CC1. The summed E-state index contributed by atoms with van der Waals surface area (Å²) in [4.78, 5) is 4.92. The van der Waals surface area contributed by atoms with Gasteiger partial charge in [-0.05, 0) is 54.3 Å². The van der Waals surface area contributed by atoms with E-state index in [4.69, 9.17) is 0 Å². The lowest BCUT2D eigenvalue weighted by Crippen LogP contribution is -2.48.